The van der Waals surface area contributed by atoms with Gasteiger partial charge < -0.3 is 9.80 Å². The summed E-state index contributed by atoms with van der Waals surface area (Å²) in [4.78, 5) is 25.6. The summed E-state index contributed by atoms with van der Waals surface area (Å²) in [6, 6.07) is 0.349. The van der Waals surface area contributed by atoms with Crippen molar-refractivity contribution < 1.29 is 4.79 Å². The van der Waals surface area contributed by atoms with E-state index in [9.17, 15) is 4.79 Å². The fraction of sp³-hybridized carbons (Fsp3) is 0.650. The molecule has 0 bridgehead atoms. The first-order chi connectivity index (χ1) is 13.4. The topological polar surface area (TPSA) is 80.0 Å². The van der Waals surface area contributed by atoms with Crippen LogP contribution in [0.3, 0.4) is 0 Å². The van der Waals surface area contributed by atoms with Crippen LogP contribution in [0.5, 0.6) is 0 Å². The monoisotopic (exact) mass is 383 g/mol. The van der Waals surface area contributed by atoms with E-state index in [4.69, 9.17) is 0 Å². The lowest BCUT2D eigenvalue weighted by molar-refractivity contribution is 0.0786. The number of carbonyl (C=O) groups excluding carboxylic acids is 1. The molecule has 2 aromatic heterocycles. The molecule has 2 fully saturated rings. The van der Waals surface area contributed by atoms with Gasteiger partial charge in [-0.1, -0.05) is 26.0 Å². The van der Waals surface area contributed by atoms with Gasteiger partial charge in [0.05, 0.1) is 24.1 Å². The molecule has 4 heterocycles. The van der Waals surface area contributed by atoms with E-state index in [0.717, 1.165) is 63.4 Å². The number of piperidine rings is 1. The minimum Gasteiger partial charge on any atom is -0.355 e. The van der Waals surface area contributed by atoms with E-state index in [2.05, 4.69) is 52.1 Å². The molecule has 2 aromatic rings. The van der Waals surface area contributed by atoms with Gasteiger partial charge in [-0.25, -0.2) is 9.67 Å². The molecule has 150 valence electrons. The van der Waals surface area contributed by atoms with Gasteiger partial charge >= 0.3 is 0 Å². The molecule has 2 aliphatic rings. The summed E-state index contributed by atoms with van der Waals surface area (Å²) >= 11 is 0. The molecule has 0 unspecified atom stereocenters. The SMILES string of the molecule is CC(C)(C)c1cn(C2CCN(c3cncc(C(=O)N4CCCC4)n3)CC2)nn1. The zero-order chi connectivity index (χ0) is 19.7. The van der Waals surface area contributed by atoms with Gasteiger partial charge in [-0.15, -0.1) is 5.10 Å². The van der Waals surface area contributed by atoms with Gasteiger partial charge in [-0.2, -0.15) is 0 Å². The van der Waals surface area contributed by atoms with Crippen LogP contribution in [0.1, 0.15) is 68.7 Å². The first-order valence-electron chi connectivity index (χ1n) is 10.2. The lowest BCUT2D eigenvalue weighted by atomic mass is 9.93. The molecular weight excluding hydrogens is 354 g/mol. The third-order valence-corrected chi connectivity index (χ3v) is 5.68. The van der Waals surface area contributed by atoms with Crippen LogP contribution in [-0.4, -0.2) is 61.9 Å². The van der Waals surface area contributed by atoms with E-state index in [-0.39, 0.29) is 11.3 Å². The molecule has 0 aromatic carbocycles. The second-order valence-corrected chi connectivity index (χ2v) is 8.81. The lowest BCUT2D eigenvalue weighted by Crippen LogP contribution is -2.36. The maximum absolute atomic E-state index is 12.6. The maximum atomic E-state index is 12.6. The van der Waals surface area contributed by atoms with Gasteiger partial charge in [0.15, 0.2) is 0 Å². The molecule has 2 aliphatic heterocycles. The summed E-state index contributed by atoms with van der Waals surface area (Å²) in [5.74, 6) is 0.788. The Labute approximate surface area is 166 Å². The van der Waals surface area contributed by atoms with Crippen molar-refractivity contribution >= 4 is 11.7 Å². The zero-order valence-corrected chi connectivity index (χ0v) is 17.0. The van der Waals surface area contributed by atoms with Gasteiger partial charge in [-0.05, 0) is 25.7 Å². The number of aromatic nitrogens is 5. The van der Waals surface area contributed by atoms with Crippen molar-refractivity contribution in [2.75, 3.05) is 31.1 Å². The Balaban J connectivity index is 1.40. The smallest absolute Gasteiger partial charge is 0.274 e. The second kappa shape index (κ2) is 7.48. The summed E-state index contributed by atoms with van der Waals surface area (Å²) < 4.78 is 2.01. The number of nitrogens with zero attached hydrogens (tertiary/aromatic N) is 7. The maximum Gasteiger partial charge on any atom is 0.274 e. The van der Waals surface area contributed by atoms with Crippen molar-refractivity contribution in [2.24, 2.45) is 0 Å². The van der Waals surface area contributed by atoms with Crippen molar-refractivity contribution in [1.29, 1.82) is 0 Å². The fourth-order valence-electron chi connectivity index (χ4n) is 3.85. The molecule has 0 aliphatic carbocycles. The second-order valence-electron chi connectivity index (χ2n) is 8.81. The van der Waals surface area contributed by atoms with Gasteiger partial charge in [0.2, 0.25) is 0 Å². The van der Waals surface area contributed by atoms with E-state index in [0.29, 0.717) is 11.7 Å². The molecule has 28 heavy (non-hydrogen) atoms. The van der Waals surface area contributed by atoms with Crippen LogP contribution in [0, 0.1) is 0 Å². The Hall–Kier alpha value is -2.51. The van der Waals surface area contributed by atoms with Crippen molar-refractivity contribution in [3.63, 3.8) is 0 Å². The average Bonchev–Trinajstić information content (AvgIpc) is 3.39. The van der Waals surface area contributed by atoms with Crippen LogP contribution in [0.15, 0.2) is 18.6 Å². The van der Waals surface area contributed by atoms with E-state index in [1.54, 1.807) is 12.4 Å². The first kappa shape index (κ1) is 18.8. The highest BCUT2D eigenvalue weighted by molar-refractivity contribution is 5.92. The highest BCUT2D eigenvalue weighted by Gasteiger charge is 2.26. The highest BCUT2D eigenvalue weighted by Crippen LogP contribution is 2.27. The quantitative estimate of drug-likeness (QED) is 0.810. The molecule has 2 saturated heterocycles. The van der Waals surface area contributed by atoms with E-state index in [1.807, 2.05) is 9.58 Å². The van der Waals surface area contributed by atoms with Crippen LogP contribution < -0.4 is 4.90 Å². The molecule has 0 radical (unpaired) electrons. The summed E-state index contributed by atoms with van der Waals surface area (Å²) in [7, 11) is 0. The summed E-state index contributed by atoms with van der Waals surface area (Å²) in [6.07, 6.45) is 9.51. The third kappa shape index (κ3) is 3.86. The van der Waals surface area contributed by atoms with Crippen molar-refractivity contribution in [2.45, 2.75) is 57.9 Å². The number of carbonyl (C=O) groups is 1. The molecule has 1 amide bonds. The number of amides is 1. The molecule has 0 spiro atoms. The molecule has 8 nitrogen and oxygen atoms in total. The zero-order valence-electron chi connectivity index (χ0n) is 17.0. The predicted molar refractivity (Wildman–Crippen MR) is 106 cm³/mol. The summed E-state index contributed by atoms with van der Waals surface area (Å²) in [5.41, 5.74) is 1.48. The summed E-state index contributed by atoms with van der Waals surface area (Å²) in [6.45, 7) is 9.84. The van der Waals surface area contributed by atoms with Gasteiger partial charge in [-0.3, -0.25) is 9.78 Å². The van der Waals surface area contributed by atoms with Crippen LogP contribution in [-0.2, 0) is 5.41 Å². The van der Waals surface area contributed by atoms with Gasteiger partial charge in [0.1, 0.15) is 11.5 Å². The Kier molecular flexibility index (Phi) is 5.03. The van der Waals surface area contributed by atoms with Crippen molar-refractivity contribution in [1.82, 2.24) is 29.9 Å². The van der Waals surface area contributed by atoms with Crippen molar-refractivity contribution in [3.8, 4) is 0 Å². The fourth-order valence-corrected chi connectivity index (χ4v) is 3.85. The predicted octanol–water partition coefficient (Wildman–Crippen LogP) is 2.44. The lowest BCUT2D eigenvalue weighted by Gasteiger charge is -2.32. The molecular formula is C20H29N7O. The molecule has 8 heteroatoms. The van der Waals surface area contributed by atoms with Gasteiger partial charge in [0.25, 0.3) is 5.91 Å². The van der Waals surface area contributed by atoms with E-state index in [1.165, 1.54) is 0 Å². The third-order valence-electron chi connectivity index (χ3n) is 5.68. The van der Waals surface area contributed by atoms with Crippen molar-refractivity contribution in [3.05, 3.63) is 30.0 Å². The number of rotatable bonds is 3. The molecule has 0 saturated carbocycles. The standard InChI is InChI=1S/C20H29N7O/c1-20(2,3)17-14-27(24-23-17)15-6-10-25(11-7-15)18-13-21-12-16(22-18)19(28)26-8-4-5-9-26/h12-15H,4-11H2,1-3H3. The Bertz CT molecular complexity index is 827. The molecule has 4 rings (SSSR count). The Morgan fingerprint density at radius 1 is 1.07 bits per heavy atom. The van der Waals surface area contributed by atoms with Crippen LogP contribution in [0.4, 0.5) is 5.82 Å². The minimum atomic E-state index is -0.000869. The van der Waals surface area contributed by atoms with Crippen LogP contribution in [0.25, 0.3) is 0 Å². The van der Waals surface area contributed by atoms with E-state index < -0.39 is 0 Å². The minimum absolute atomic E-state index is 0.000869. The average molecular weight is 384 g/mol. The first-order valence-corrected chi connectivity index (χ1v) is 10.2. The summed E-state index contributed by atoms with van der Waals surface area (Å²) in [5, 5.41) is 8.70. The Morgan fingerprint density at radius 2 is 1.79 bits per heavy atom. The van der Waals surface area contributed by atoms with Gasteiger partial charge in [0, 0.05) is 37.8 Å². The number of hydrogen-bond donors (Lipinski definition) is 0. The Morgan fingerprint density at radius 3 is 2.43 bits per heavy atom. The molecule has 0 atom stereocenters. The largest absolute Gasteiger partial charge is 0.355 e. The van der Waals surface area contributed by atoms with E-state index >= 15 is 0 Å². The molecule has 0 N–H and O–H groups in total. The van der Waals surface area contributed by atoms with Crippen LogP contribution in [0.2, 0.25) is 0 Å². The number of likely N-dealkylation sites (tertiary alicyclic amines) is 1. The number of anilines is 1. The normalized spacial score (nSPS) is 18.7. The number of hydrogen-bond acceptors (Lipinski definition) is 6. The van der Waals surface area contributed by atoms with Crippen LogP contribution >= 0.6 is 0 Å². The highest BCUT2D eigenvalue weighted by atomic mass is 16.2.